The summed E-state index contributed by atoms with van der Waals surface area (Å²) < 4.78 is 0. The second kappa shape index (κ2) is 5.35. The van der Waals surface area contributed by atoms with Gasteiger partial charge < -0.3 is 5.73 Å². The number of nitrogens with two attached hydrogens (primary N) is 1. The Balaban J connectivity index is 2.53. The summed E-state index contributed by atoms with van der Waals surface area (Å²) in [7, 11) is 0. The molecule has 0 aromatic rings. The van der Waals surface area contributed by atoms with Crippen LogP contribution in [0.15, 0.2) is 23.8 Å². The molecular formula is C13H23N. The molecule has 1 heteroatoms. The van der Waals surface area contributed by atoms with Crippen LogP contribution in [0.5, 0.6) is 0 Å². The Hall–Kier alpha value is -0.560. The van der Waals surface area contributed by atoms with Gasteiger partial charge in [0.15, 0.2) is 0 Å². The van der Waals surface area contributed by atoms with Crippen molar-refractivity contribution in [2.24, 2.45) is 11.7 Å². The summed E-state index contributed by atoms with van der Waals surface area (Å²) in [4.78, 5) is 0. The lowest BCUT2D eigenvalue weighted by Crippen LogP contribution is -2.20. The molecule has 0 aliphatic heterocycles. The van der Waals surface area contributed by atoms with E-state index in [4.69, 9.17) is 5.73 Å². The molecule has 14 heavy (non-hydrogen) atoms. The molecule has 0 saturated carbocycles. The molecule has 0 fully saturated rings. The van der Waals surface area contributed by atoms with E-state index in [1.54, 1.807) is 5.57 Å². The quantitative estimate of drug-likeness (QED) is 0.665. The highest BCUT2D eigenvalue weighted by molar-refractivity contribution is 5.25. The van der Waals surface area contributed by atoms with E-state index in [2.05, 4.69) is 26.5 Å². The fourth-order valence-electron chi connectivity index (χ4n) is 2.27. The van der Waals surface area contributed by atoms with Crippen molar-refractivity contribution < 1.29 is 0 Å². The number of allylic oxidation sites excluding steroid dienone is 3. The van der Waals surface area contributed by atoms with Gasteiger partial charge in [0.25, 0.3) is 0 Å². The Morgan fingerprint density at radius 1 is 1.57 bits per heavy atom. The number of rotatable bonds is 5. The van der Waals surface area contributed by atoms with Crippen molar-refractivity contribution in [1.82, 2.24) is 0 Å². The summed E-state index contributed by atoms with van der Waals surface area (Å²) >= 11 is 0. The molecule has 2 atom stereocenters. The first-order valence-electron chi connectivity index (χ1n) is 5.74. The zero-order chi connectivity index (χ0) is 10.6. The molecule has 1 unspecified atom stereocenters. The van der Waals surface area contributed by atoms with Gasteiger partial charge in [-0.2, -0.15) is 0 Å². The van der Waals surface area contributed by atoms with E-state index in [9.17, 15) is 0 Å². The molecule has 1 aliphatic carbocycles. The van der Waals surface area contributed by atoms with Crippen molar-refractivity contribution in [2.45, 2.75) is 52.0 Å². The Labute approximate surface area is 88.1 Å². The van der Waals surface area contributed by atoms with Crippen LogP contribution in [0.25, 0.3) is 0 Å². The second-order valence-electron chi connectivity index (χ2n) is 4.61. The number of hydrogen-bond acceptors (Lipinski definition) is 1. The van der Waals surface area contributed by atoms with Crippen LogP contribution < -0.4 is 5.73 Å². The smallest absolute Gasteiger partial charge is 0.00161 e. The molecule has 0 saturated heterocycles. The SMILES string of the molecule is C=C1CC=C(C(CCC)C[C@@H](C)N)C1. The summed E-state index contributed by atoms with van der Waals surface area (Å²) in [5.74, 6) is 0.708. The Morgan fingerprint density at radius 3 is 2.71 bits per heavy atom. The number of hydrogen-bond donors (Lipinski definition) is 1. The van der Waals surface area contributed by atoms with E-state index in [0.717, 1.165) is 19.3 Å². The molecule has 0 aromatic heterocycles. The standard InChI is InChI=1S/C13H23N/c1-4-5-12(9-11(3)14)13-7-6-10(2)8-13/h7,11-12H,2,4-6,8-9,14H2,1,3H3/t11-,12?/m1/s1. The van der Waals surface area contributed by atoms with Gasteiger partial charge in [0.1, 0.15) is 0 Å². The Morgan fingerprint density at radius 2 is 2.29 bits per heavy atom. The van der Waals surface area contributed by atoms with E-state index >= 15 is 0 Å². The minimum absolute atomic E-state index is 0.321. The Bertz CT molecular complexity index is 225. The minimum Gasteiger partial charge on any atom is -0.328 e. The molecule has 0 aromatic carbocycles. The second-order valence-corrected chi connectivity index (χ2v) is 4.61. The van der Waals surface area contributed by atoms with E-state index in [0.29, 0.717) is 12.0 Å². The van der Waals surface area contributed by atoms with Crippen LogP contribution in [0, 0.1) is 5.92 Å². The van der Waals surface area contributed by atoms with Gasteiger partial charge in [-0.15, -0.1) is 0 Å². The van der Waals surface area contributed by atoms with Crippen molar-refractivity contribution in [1.29, 1.82) is 0 Å². The molecule has 0 spiro atoms. The van der Waals surface area contributed by atoms with E-state index in [1.165, 1.54) is 18.4 Å². The van der Waals surface area contributed by atoms with Crippen molar-refractivity contribution in [3.8, 4) is 0 Å². The fourth-order valence-corrected chi connectivity index (χ4v) is 2.27. The van der Waals surface area contributed by atoms with Gasteiger partial charge >= 0.3 is 0 Å². The summed E-state index contributed by atoms with van der Waals surface area (Å²) in [6, 6.07) is 0.321. The van der Waals surface area contributed by atoms with Crippen LogP contribution in [0.3, 0.4) is 0 Å². The molecule has 2 N–H and O–H groups in total. The molecule has 1 rings (SSSR count). The van der Waals surface area contributed by atoms with Gasteiger partial charge in [0.05, 0.1) is 0 Å². The lowest BCUT2D eigenvalue weighted by atomic mass is 9.88. The maximum absolute atomic E-state index is 5.88. The van der Waals surface area contributed by atoms with Gasteiger partial charge in [-0.1, -0.05) is 37.1 Å². The average molecular weight is 193 g/mol. The van der Waals surface area contributed by atoms with Crippen LogP contribution in [-0.4, -0.2) is 6.04 Å². The lowest BCUT2D eigenvalue weighted by molar-refractivity contribution is 0.464. The third-order valence-electron chi connectivity index (χ3n) is 2.92. The fraction of sp³-hybridized carbons (Fsp3) is 0.692. The van der Waals surface area contributed by atoms with Crippen LogP contribution in [-0.2, 0) is 0 Å². The zero-order valence-corrected chi connectivity index (χ0v) is 9.55. The third-order valence-corrected chi connectivity index (χ3v) is 2.92. The van der Waals surface area contributed by atoms with Crippen LogP contribution in [0.2, 0.25) is 0 Å². The van der Waals surface area contributed by atoms with Gasteiger partial charge in [-0.25, -0.2) is 0 Å². The van der Waals surface area contributed by atoms with Crippen LogP contribution in [0.1, 0.15) is 46.0 Å². The first-order chi connectivity index (χ1) is 6.63. The van der Waals surface area contributed by atoms with Gasteiger partial charge in [0.2, 0.25) is 0 Å². The van der Waals surface area contributed by atoms with Crippen molar-refractivity contribution in [3.63, 3.8) is 0 Å². The minimum atomic E-state index is 0.321. The summed E-state index contributed by atoms with van der Waals surface area (Å²) in [5, 5.41) is 0. The highest BCUT2D eigenvalue weighted by atomic mass is 14.6. The molecule has 0 heterocycles. The first-order valence-corrected chi connectivity index (χ1v) is 5.74. The van der Waals surface area contributed by atoms with Gasteiger partial charge in [-0.3, -0.25) is 0 Å². The third kappa shape index (κ3) is 3.30. The van der Waals surface area contributed by atoms with E-state index in [1.807, 2.05) is 0 Å². The normalized spacial score (nSPS) is 20.8. The van der Waals surface area contributed by atoms with Crippen molar-refractivity contribution in [3.05, 3.63) is 23.8 Å². The largest absolute Gasteiger partial charge is 0.328 e. The lowest BCUT2D eigenvalue weighted by Gasteiger charge is -2.19. The topological polar surface area (TPSA) is 26.0 Å². The van der Waals surface area contributed by atoms with E-state index in [-0.39, 0.29) is 0 Å². The monoisotopic (exact) mass is 193 g/mol. The van der Waals surface area contributed by atoms with Crippen molar-refractivity contribution in [2.75, 3.05) is 0 Å². The Kier molecular flexibility index (Phi) is 4.40. The van der Waals surface area contributed by atoms with Gasteiger partial charge in [0, 0.05) is 6.04 Å². The molecule has 0 amide bonds. The summed E-state index contributed by atoms with van der Waals surface area (Å²) in [6.45, 7) is 8.40. The molecule has 1 nitrogen and oxygen atoms in total. The molecule has 80 valence electrons. The van der Waals surface area contributed by atoms with Gasteiger partial charge in [-0.05, 0) is 38.5 Å². The zero-order valence-electron chi connectivity index (χ0n) is 9.55. The maximum Gasteiger partial charge on any atom is 0.00161 e. The van der Waals surface area contributed by atoms with Crippen molar-refractivity contribution >= 4 is 0 Å². The molecule has 0 radical (unpaired) electrons. The van der Waals surface area contributed by atoms with E-state index < -0.39 is 0 Å². The van der Waals surface area contributed by atoms with Crippen LogP contribution >= 0.6 is 0 Å². The average Bonchev–Trinajstić information content (AvgIpc) is 2.50. The molecule has 1 aliphatic rings. The highest BCUT2D eigenvalue weighted by Crippen LogP contribution is 2.33. The molecular weight excluding hydrogens is 170 g/mol. The summed E-state index contributed by atoms with van der Waals surface area (Å²) in [5.41, 5.74) is 8.83. The highest BCUT2D eigenvalue weighted by Gasteiger charge is 2.18. The van der Waals surface area contributed by atoms with Crippen LogP contribution in [0.4, 0.5) is 0 Å². The predicted octanol–water partition coefficient (Wildman–Crippen LogP) is 3.42. The predicted molar refractivity (Wildman–Crippen MR) is 63.1 cm³/mol. The molecule has 0 bridgehead atoms. The first kappa shape index (κ1) is 11.5. The summed E-state index contributed by atoms with van der Waals surface area (Å²) in [6.07, 6.45) is 8.24. The maximum atomic E-state index is 5.88.